The summed E-state index contributed by atoms with van der Waals surface area (Å²) < 4.78 is 5.45. The predicted octanol–water partition coefficient (Wildman–Crippen LogP) is 2.87. The third kappa shape index (κ3) is 5.94. The van der Waals surface area contributed by atoms with Gasteiger partial charge in [0.25, 0.3) is 0 Å². The summed E-state index contributed by atoms with van der Waals surface area (Å²) in [4.78, 5) is 19.4. The quantitative estimate of drug-likeness (QED) is 0.727. The van der Waals surface area contributed by atoms with Crippen molar-refractivity contribution in [1.82, 2.24) is 9.80 Å². The highest BCUT2D eigenvalue weighted by atomic mass is 16.6. The lowest BCUT2D eigenvalue weighted by molar-refractivity contribution is -0.156. The number of carbonyl (C=O) groups excluding carboxylic acids is 1. The van der Waals surface area contributed by atoms with E-state index < -0.39 is 5.60 Å². The van der Waals surface area contributed by atoms with Gasteiger partial charge >= 0.3 is 5.97 Å². The Morgan fingerprint density at radius 1 is 1.14 bits per heavy atom. The van der Waals surface area contributed by atoms with E-state index in [-0.39, 0.29) is 5.97 Å². The molecule has 2 heterocycles. The van der Waals surface area contributed by atoms with E-state index >= 15 is 0 Å². The van der Waals surface area contributed by atoms with Crippen LogP contribution in [0.2, 0.25) is 0 Å². The molecule has 2 saturated heterocycles. The van der Waals surface area contributed by atoms with E-state index in [1.807, 2.05) is 32.9 Å². The SMILES string of the molecule is CC1CN(c2ccc(C#N)cc2)CCN1C1CCN(CC(=O)OC(C)(C)C)CC1. The van der Waals surface area contributed by atoms with Crippen molar-refractivity contribution in [2.24, 2.45) is 0 Å². The molecule has 2 aliphatic heterocycles. The smallest absolute Gasteiger partial charge is 0.320 e. The average Bonchev–Trinajstić information content (AvgIpc) is 2.67. The second-order valence-electron chi connectivity index (χ2n) is 9.29. The summed E-state index contributed by atoms with van der Waals surface area (Å²) in [5, 5.41) is 8.98. The number of rotatable bonds is 4. The molecule has 0 spiro atoms. The zero-order valence-corrected chi connectivity index (χ0v) is 18.2. The molecule has 6 heteroatoms. The zero-order valence-electron chi connectivity index (χ0n) is 18.2. The summed E-state index contributed by atoms with van der Waals surface area (Å²) in [7, 11) is 0. The average molecular weight is 399 g/mol. The van der Waals surface area contributed by atoms with Gasteiger partial charge in [0.15, 0.2) is 0 Å². The molecule has 29 heavy (non-hydrogen) atoms. The Hall–Kier alpha value is -2.10. The number of benzene rings is 1. The van der Waals surface area contributed by atoms with E-state index in [0.717, 1.165) is 45.6 Å². The van der Waals surface area contributed by atoms with Crippen LogP contribution in [0.15, 0.2) is 24.3 Å². The number of nitrogens with zero attached hydrogens (tertiary/aromatic N) is 4. The van der Waals surface area contributed by atoms with Gasteiger partial charge in [0, 0.05) is 50.5 Å². The number of nitriles is 1. The first kappa shape index (κ1) is 21.6. The Morgan fingerprint density at radius 3 is 2.34 bits per heavy atom. The molecular formula is C23H34N4O2. The molecule has 6 nitrogen and oxygen atoms in total. The maximum atomic E-state index is 12.1. The Bertz CT molecular complexity index is 727. The maximum Gasteiger partial charge on any atom is 0.320 e. The fourth-order valence-electron chi connectivity index (χ4n) is 4.46. The second kappa shape index (κ2) is 9.15. The largest absolute Gasteiger partial charge is 0.459 e. The minimum atomic E-state index is -0.417. The highest BCUT2D eigenvalue weighted by Gasteiger charge is 2.32. The third-order valence-electron chi connectivity index (χ3n) is 5.84. The van der Waals surface area contributed by atoms with Crippen LogP contribution in [0.3, 0.4) is 0 Å². The molecule has 0 aliphatic carbocycles. The van der Waals surface area contributed by atoms with Crippen LogP contribution < -0.4 is 4.90 Å². The summed E-state index contributed by atoms with van der Waals surface area (Å²) in [6.07, 6.45) is 2.20. The highest BCUT2D eigenvalue weighted by molar-refractivity contribution is 5.72. The first-order chi connectivity index (χ1) is 13.7. The van der Waals surface area contributed by atoms with E-state index in [0.29, 0.717) is 24.2 Å². The van der Waals surface area contributed by atoms with Gasteiger partial charge in [0.2, 0.25) is 0 Å². The Labute approximate surface area is 175 Å². The van der Waals surface area contributed by atoms with E-state index in [4.69, 9.17) is 10.00 Å². The number of piperazine rings is 1. The Kier molecular flexibility index (Phi) is 6.81. The van der Waals surface area contributed by atoms with Crippen molar-refractivity contribution in [1.29, 1.82) is 5.26 Å². The van der Waals surface area contributed by atoms with Crippen molar-refractivity contribution in [2.45, 2.75) is 58.2 Å². The minimum Gasteiger partial charge on any atom is -0.459 e. The molecule has 0 amide bonds. The van der Waals surface area contributed by atoms with Gasteiger partial charge in [0.1, 0.15) is 5.60 Å². The van der Waals surface area contributed by atoms with Crippen LogP contribution in [-0.4, -0.2) is 72.7 Å². The van der Waals surface area contributed by atoms with Crippen molar-refractivity contribution in [3.63, 3.8) is 0 Å². The van der Waals surface area contributed by atoms with Gasteiger partial charge in [-0.2, -0.15) is 5.26 Å². The molecule has 1 unspecified atom stereocenters. The maximum absolute atomic E-state index is 12.1. The molecule has 2 aliphatic rings. The van der Waals surface area contributed by atoms with Gasteiger partial charge in [-0.15, -0.1) is 0 Å². The van der Waals surface area contributed by atoms with Crippen LogP contribution >= 0.6 is 0 Å². The fourth-order valence-corrected chi connectivity index (χ4v) is 4.46. The van der Waals surface area contributed by atoms with Crippen LogP contribution in [0, 0.1) is 11.3 Å². The van der Waals surface area contributed by atoms with Gasteiger partial charge in [-0.3, -0.25) is 14.6 Å². The second-order valence-corrected chi connectivity index (χ2v) is 9.29. The molecule has 0 radical (unpaired) electrons. The summed E-state index contributed by atoms with van der Waals surface area (Å²) in [6.45, 7) is 13.4. The first-order valence-electron chi connectivity index (χ1n) is 10.7. The van der Waals surface area contributed by atoms with E-state index in [9.17, 15) is 4.79 Å². The van der Waals surface area contributed by atoms with Gasteiger partial charge < -0.3 is 9.64 Å². The standard InChI is InChI=1S/C23H34N4O2/c1-18-16-26(20-7-5-19(15-24)6-8-20)13-14-27(18)21-9-11-25(12-10-21)17-22(28)29-23(2,3)4/h5-8,18,21H,9-14,16-17H2,1-4H3. The molecular weight excluding hydrogens is 364 g/mol. The lowest BCUT2D eigenvalue weighted by Gasteiger charge is -2.47. The monoisotopic (exact) mass is 398 g/mol. The number of likely N-dealkylation sites (tertiary alicyclic amines) is 1. The lowest BCUT2D eigenvalue weighted by atomic mass is 9.99. The molecule has 0 saturated carbocycles. The number of carbonyl (C=O) groups is 1. The van der Waals surface area contributed by atoms with Crippen LogP contribution in [0.1, 0.15) is 46.1 Å². The summed E-state index contributed by atoms with van der Waals surface area (Å²) in [5.74, 6) is -0.125. The molecule has 3 rings (SSSR count). The van der Waals surface area contributed by atoms with Gasteiger partial charge in [-0.05, 0) is 64.8 Å². The summed E-state index contributed by atoms with van der Waals surface area (Å²) in [6, 6.07) is 11.2. The topological polar surface area (TPSA) is 59.8 Å². The number of hydrogen-bond donors (Lipinski definition) is 0. The third-order valence-corrected chi connectivity index (χ3v) is 5.84. The molecule has 0 bridgehead atoms. The molecule has 0 N–H and O–H groups in total. The number of ether oxygens (including phenoxy) is 1. The van der Waals surface area contributed by atoms with E-state index in [1.165, 1.54) is 5.69 Å². The molecule has 1 aromatic rings. The minimum absolute atomic E-state index is 0.125. The molecule has 158 valence electrons. The van der Waals surface area contributed by atoms with Gasteiger partial charge in [-0.1, -0.05) is 0 Å². The van der Waals surface area contributed by atoms with Gasteiger partial charge in [-0.25, -0.2) is 0 Å². The van der Waals surface area contributed by atoms with Crippen LogP contribution in [0.4, 0.5) is 5.69 Å². The summed E-state index contributed by atoms with van der Waals surface area (Å²) >= 11 is 0. The normalized spacial score (nSPS) is 22.3. The van der Waals surface area contributed by atoms with Crippen molar-refractivity contribution in [3.05, 3.63) is 29.8 Å². The fraction of sp³-hybridized carbons (Fsp3) is 0.652. The molecule has 1 aromatic carbocycles. The number of anilines is 1. The Balaban J connectivity index is 1.47. The van der Waals surface area contributed by atoms with E-state index in [1.54, 1.807) is 0 Å². The van der Waals surface area contributed by atoms with E-state index in [2.05, 4.69) is 39.8 Å². The van der Waals surface area contributed by atoms with Crippen molar-refractivity contribution in [3.8, 4) is 6.07 Å². The number of hydrogen-bond acceptors (Lipinski definition) is 6. The van der Waals surface area contributed by atoms with Gasteiger partial charge in [0.05, 0.1) is 18.2 Å². The summed E-state index contributed by atoms with van der Waals surface area (Å²) in [5.41, 5.74) is 1.49. The Morgan fingerprint density at radius 2 is 1.79 bits per heavy atom. The van der Waals surface area contributed by atoms with Crippen molar-refractivity contribution in [2.75, 3.05) is 44.2 Å². The molecule has 2 fully saturated rings. The highest BCUT2D eigenvalue weighted by Crippen LogP contribution is 2.25. The van der Waals surface area contributed by atoms with Crippen LogP contribution in [-0.2, 0) is 9.53 Å². The predicted molar refractivity (Wildman–Crippen MR) is 115 cm³/mol. The van der Waals surface area contributed by atoms with Crippen molar-refractivity contribution < 1.29 is 9.53 Å². The van der Waals surface area contributed by atoms with Crippen LogP contribution in [0.25, 0.3) is 0 Å². The van der Waals surface area contributed by atoms with Crippen LogP contribution in [0.5, 0.6) is 0 Å². The number of esters is 1. The first-order valence-corrected chi connectivity index (χ1v) is 10.7. The van der Waals surface area contributed by atoms with Crippen molar-refractivity contribution >= 4 is 11.7 Å². The molecule has 0 aromatic heterocycles. The molecule has 1 atom stereocenters. The lowest BCUT2D eigenvalue weighted by Crippen LogP contribution is -2.57. The zero-order chi connectivity index (χ0) is 21.0. The number of piperidine rings is 1.